The average Bonchev–Trinajstić information content (AvgIpc) is 3.53. The van der Waals surface area contributed by atoms with Gasteiger partial charge in [-0.05, 0) is 50.3 Å². The van der Waals surface area contributed by atoms with E-state index < -0.39 is 21.1 Å². The molecule has 0 bridgehead atoms. The monoisotopic (exact) mass is 461 g/mol. The standard InChI is InChI=1S/C22H27N3O6S/c23-19-5-11-25(22(19)8-9-22)32(28,29)18-3-1-2-17-16(18)4-10-24(20(17)26)14-31-21(27)15-6-12-30-13-7-15/h1-4,10,15,19H,5-9,11-14,23H2/t19-/m1/s1. The Bertz CT molecular complexity index is 1210. The second-order valence-corrected chi connectivity index (χ2v) is 10.7. The molecule has 1 spiro atoms. The molecule has 1 aliphatic carbocycles. The van der Waals surface area contributed by atoms with Crippen molar-refractivity contribution in [2.75, 3.05) is 19.8 Å². The van der Waals surface area contributed by atoms with E-state index in [-0.39, 0.29) is 34.9 Å². The van der Waals surface area contributed by atoms with E-state index >= 15 is 0 Å². The largest absolute Gasteiger partial charge is 0.444 e. The summed E-state index contributed by atoms with van der Waals surface area (Å²) in [7, 11) is -3.81. The number of nitrogens with two attached hydrogens (primary N) is 1. The van der Waals surface area contributed by atoms with E-state index in [1.165, 1.54) is 21.1 Å². The summed E-state index contributed by atoms with van der Waals surface area (Å²) in [6.07, 6.45) is 4.86. The van der Waals surface area contributed by atoms with Crippen molar-refractivity contribution in [1.82, 2.24) is 8.87 Å². The van der Waals surface area contributed by atoms with E-state index in [9.17, 15) is 18.0 Å². The lowest BCUT2D eigenvalue weighted by Gasteiger charge is -2.26. The van der Waals surface area contributed by atoms with Gasteiger partial charge >= 0.3 is 5.97 Å². The van der Waals surface area contributed by atoms with Crippen LogP contribution in [0.15, 0.2) is 40.2 Å². The summed E-state index contributed by atoms with van der Waals surface area (Å²) in [5, 5.41) is 0.629. The van der Waals surface area contributed by atoms with Crippen molar-refractivity contribution in [3.05, 3.63) is 40.8 Å². The molecule has 3 heterocycles. The molecule has 0 radical (unpaired) electrons. The van der Waals surface area contributed by atoms with Gasteiger partial charge < -0.3 is 15.2 Å². The molecule has 0 amide bonds. The fourth-order valence-electron chi connectivity index (χ4n) is 4.96. The number of hydrogen-bond donors (Lipinski definition) is 1. The molecule has 1 atom stereocenters. The van der Waals surface area contributed by atoms with Crippen molar-refractivity contribution in [3.8, 4) is 0 Å². The van der Waals surface area contributed by atoms with Crippen LogP contribution in [0.5, 0.6) is 0 Å². The van der Waals surface area contributed by atoms with E-state index in [0.717, 1.165) is 12.8 Å². The Labute approximate surface area is 186 Å². The highest BCUT2D eigenvalue weighted by atomic mass is 32.2. The molecular weight excluding hydrogens is 434 g/mol. The molecule has 32 heavy (non-hydrogen) atoms. The molecule has 2 aliphatic heterocycles. The Hall–Kier alpha value is -2.27. The number of rotatable bonds is 5. The van der Waals surface area contributed by atoms with Crippen LogP contribution in [0.25, 0.3) is 10.8 Å². The van der Waals surface area contributed by atoms with E-state index in [1.54, 1.807) is 18.2 Å². The van der Waals surface area contributed by atoms with Crippen molar-refractivity contribution >= 4 is 26.8 Å². The number of fused-ring (bicyclic) bond motifs is 1. The van der Waals surface area contributed by atoms with Gasteiger partial charge in [-0.15, -0.1) is 0 Å². The van der Waals surface area contributed by atoms with Crippen molar-refractivity contribution in [3.63, 3.8) is 0 Å². The number of benzene rings is 1. The molecule has 10 heteroatoms. The number of aromatic nitrogens is 1. The molecule has 2 N–H and O–H groups in total. The molecule has 1 aromatic heterocycles. The van der Waals surface area contributed by atoms with Crippen LogP contribution in [0.4, 0.5) is 0 Å². The summed E-state index contributed by atoms with van der Waals surface area (Å²) in [6, 6.07) is 6.14. The minimum atomic E-state index is -3.81. The van der Waals surface area contributed by atoms with Gasteiger partial charge in [0, 0.05) is 42.8 Å². The minimum absolute atomic E-state index is 0.110. The predicted octanol–water partition coefficient (Wildman–Crippen LogP) is 1.18. The number of hydrogen-bond acceptors (Lipinski definition) is 7. The third kappa shape index (κ3) is 3.45. The normalized spacial score (nSPS) is 23.6. The summed E-state index contributed by atoms with van der Waals surface area (Å²) >= 11 is 0. The Kier molecular flexibility index (Phi) is 5.36. The van der Waals surface area contributed by atoms with Gasteiger partial charge in [-0.25, -0.2) is 8.42 Å². The first-order valence-corrected chi connectivity index (χ1v) is 12.4. The number of sulfonamides is 1. The highest BCUT2D eigenvalue weighted by molar-refractivity contribution is 7.89. The first-order valence-electron chi connectivity index (χ1n) is 11.0. The summed E-state index contributed by atoms with van der Waals surface area (Å²) < 4.78 is 40.5. The average molecular weight is 462 g/mol. The van der Waals surface area contributed by atoms with Crippen LogP contribution in [-0.4, -0.2) is 54.6 Å². The Balaban J connectivity index is 1.43. The maximum atomic E-state index is 13.5. The summed E-state index contributed by atoms with van der Waals surface area (Å²) in [5.41, 5.74) is 5.32. The lowest BCUT2D eigenvalue weighted by molar-refractivity contribution is -0.155. The smallest absolute Gasteiger partial charge is 0.310 e. The molecule has 172 valence electrons. The van der Waals surface area contributed by atoms with Crippen LogP contribution in [-0.2, 0) is 31.0 Å². The molecule has 5 rings (SSSR count). The minimum Gasteiger partial charge on any atom is -0.444 e. The van der Waals surface area contributed by atoms with Crippen molar-refractivity contribution < 1.29 is 22.7 Å². The number of pyridine rings is 1. The van der Waals surface area contributed by atoms with Gasteiger partial charge in [-0.3, -0.25) is 14.2 Å². The number of nitrogens with zero attached hydrogens (tertiary/aromatic N) is 2. The third-order valence-corrected chi connectivity index (χ3v) is 9.08. The molecule has 9 nitrogen and oxygen atoms in total. The number of carbonyl (C=O) groups is 1. The number of esters is 1. The van der Waals surface area contributed by atoms with E-state index in [4.69, 9.17) is 15.2 Å². The van der Waals surface area contributed by atoms with Crippen LogP contribution in [0, 0.1) is 5.92 Å². The summed E-state index contributed by atoms with van der Waals surface area (Å²) in [5.74, 6) is -0.574. The van der Waals surface area contributed by atoms with Gasteiger partial charge in [-0.1, -0.05) is 6.07 Å². The van der Waals surface area contributed by atoms with Crippen LogP contribution in [0.3, 0.4) is 0 Å². The SMILES string of the molecule is N[C@@H]1CCN(S(=O)(=O)c2cccc3c(=O)n(COC(=O)C4CCOCC4)ccc23)C12CC2. The predicted molar refractivity (Wildman–Crippen MR) is 116 cm³/mol. The lowest BCUT2D eigenvalue weighted by atomic mass is 10.0. The second kappa shape index (κ2) is 7.95. The first kappa shape index (κ1) is 21.6. The van der Waals surface area contributed by atoms with E-state index in [0.29, 0.717) is 44.4 Å². The maximum absolute atomic E-state index is 13.5. The van der Waals surface area contributed by atoms with E-state index in [1.807, 2.05) is 0 Å². The molecule has 0 unspecified atom stereocenters. The molecule has 3 fully saturated rings. The van der Waals surface area contributed by atoms with Crippen LogP contribution in [0.2, 0.25) is 0 Å². The van der Waals surface area contributed by atoms with Gasteiger partial charge in [0.1, 0.15) is 0 Å². The van der Waals surface area contributed by atoms with E-state index in [2.05, 4.69) is 0 Å². The van der Waals surface area contributed by atoms with Crippen LogP contribution in [0.1, 0.15) is 32.1 Å². The van der Waals surface area contributed by atoms with Gasteiger partial charge in [0.25, 0.3) is 5.56 Å². The molecule has 3 aliphatic rings. The lowest BCUT2D eigenvalue weighted by Crippen LogP contribution is -2.44. The van der Waals surface area contributed by atoms with Gasteiger partial charge in [0.05, 0.1) is 16.4 Å². The zero-order valence-corrected chi connectivity index (χ0v) is 18.6. The summed E-state index contributed by atoms with van der Waals surface area (Å²) in [4.78, 5) is 25.4. The fraction of sp³-hybridized carbons (Fsp3) is 0.545. The summed E-state index contributed by atoms with van der Waals surface area (Å²) in [6.45, 7) is 1.22. The Morgan fingerprint density at radius 3 is 2.62 bits per heavy atom. The highest BCUT2D eigenvalue weighted by Gasteiger charge is 2.60. The Morgan fingerprint density at radius 1 is 1.16 bits per heavy atom. The molecule has 1 saturated carbocycles. The molecule has 2 aromatic rings. The Morgan fingerprint density at radius 2 is 1.91 bits per heavy atom. The van der Waals surface area contributed by atoms with Crippen molar-refractivity contribution in [1.29, 1.82) is 0 Å². The third-order valence-electron chi connectivity index (χ3n) is 7.04. The topological polar surface area (TPSA) is 121 Å². The second-order valence-electron chi connectivity index (χ2n) is 8.86. The molecular formula is C22H27N3O6S. The molecule has 1 aromatic carbocycles. The van der Waals surface area contributed by atoms with Gasteiger partial charge in [0.15, 0.2) is 6.73 Å². The van der Waals surface area contributed by atoms with Crippen molar-refractivity contribution in [2.24, 2.45) is 11.7 Å². The van der Waals surface area contributed by atoms with Gasteiger partial charge in [-0.2, -0.15) is 4.31 Å². The van der Waals surface area contributed by atoms with Crippen LogP contribution < -0.4 is 11.3 Å². The van der Waals surface area contributed by atoms with Gasteiger partial charge in [0.2, 0.25) is 10.0 Å². The fourth-order valence-corrected chi connectivity index (χ4v) is 7.05. The first-order chi connectivity index (χ1) is 15.3. The number of carbonyl (C=O) groups excluding carboxylic acids is 1. The molecule has 2 saturated heterocycles. The maximum Gasteiger partial charge on any atom is 0.310 e. The highest BCUT2D eigenvalue weighted by Crippen LogP contribution is 2.51. The van der Waals surface area contributed by atoms with Crippen molar-refractivity contribution in [2.45, 2.75) is 55.3 Å². The zero-order valence-electron chi connectivity index (χ0n) is 17.7. The van der Waals surface area contributed by atoms with Crippen LogP contribution >= 0.6 is 0 Å². The quantitative estimate of drug-likeness (QED) is 0.664. The number of ether oxygens (including phenoxy) is 2. The zero-order chi connectivity index (χ0) is 22.5.